The SMILES string of the molecule is CCN(C)CCc1c[nH]c2ccc(S(C)(=O)=O)cc12. The second-order valence-corrected chi connectivity index (χ2v) is 6.96. The van der Waals surface area contributed by atoms with Crippen molar-refractivity contribution in [3.63, 3.8) is 0 Å². The minimum atomic E-state index is -3.15. The third kappa shape index (κ3) is 3.16. The summed E-state index contributed by atoms with van der Waals surface area (Å²) in [5.74, 6) is 0. The molecular formula is C14H20N2O2S. The number of hydrogen-bond acceptors (Lipinski definition) is 3. The van der Waals surface area contributed by atoms with E-state index in [0.717, 1.165) is 30.4 Å². The van der Waals surface area contributed by atoms with Crippen molar-refractivity contribution in [3.8, 4) is 0 Å². The van der Waals surface area contributed by atoms with Crippen LogP contribution in [0.2, 0.25) is 0 Å². The molecular weight excluding hydrogens is 260 g/mol. The topological polar surface area (TPSA) is 53.2 Å². The number of rotatable bonds is 5. The van der Waals surface area contributed by atoms with Crippen LogP contribution in [0, 0.1) is 0 Å². The second kappa shape index (κ2) is 5.35. The lowest BCUT2D eigenvalue weighted by Gasteiger charge is -2.12. The molecule has 104 valence electrons. The van der Waals surface area contributed by atoms with Crippen LogP contribution in [-0.4, -0.2) is 44.7 Å². The van der Waals surface area contributed by atoms with Gasteiger partial charge in [-0.05, 0) is 43.8 Å². The lowest BCUT2D eigenvalue weighted by molar-refractivity contribution is 0.358. The summed E-state index contributed by atoms with van der Waals surface area (Å²) in [6, 6.07) is 5.25. The Balaban J connectivity index is 2.35. The molecule has 0 saturated heterocycles. The van der Waals surface area contributed by atoms with Gasteiger partial charge in [-0.3, -0.25) is 0 Å². The molecule has 0 unspecified atom stereocenters. The second-order valence-electron chi connectivity index (χ2n) is 4.94. The van der Waals surface area contributed by atoms with Gasteiger partial charge in [-0.2, -0.15) is 0 Å². The fraction of sp³-hybridized carbons (Fsp3) is 0.429. The van der Waals surface area contributed by atoms with E-state index in [1.54, 1.807) is 12.1 Å². The van der Waals surface area contributed by atoms with Gasteiger partial charge < -0.3 is 9.88 Å². The van der Waals surface area contributed by atoms with Crippen molar-refractivity contribution in [2.75, 3.05) is 26.4 Å². The maximum absolute atomic E-state index is 11.6. The number of nitrogens with zero attached hydrogens (tertiary/aromatic N) is 1. The standard InChI is InChI=1S/C14H20N2O2S/c1-4-16(2)8-7-11-10-15-14-6-5-12(9-13(11)14)19(3,17)18/h5-6,9-10,15H,4,7-8H2,1-3H3. The lowest BCUT2D eigenvalue weighted by atomic mass is 10.1. The fourth-order valence-electron chi connectivity index (χ4n) is 2.06. The molecule has 0 fully saturated rings. The predicted molar refractivity (Wildman–Crippen MR) is 78.3 cm³/mol. The molecule has 0 spiro atoms. The number of likely N-dealkylation sites (N-methyl/N-ethyl adjacent to an activating group) is 1. The molecule has 1 aromatic heterocycles. The molecule has 1 heterocycles. The van der Waals surface area contributed by atoms with Crippen molar-refractivity contribution >= 4 is 20.7 Å². The molecule has 0 radical (unpaired) electrons. The van der Waals surface area contributed by atoms with Gasteiger partial charge in [0.25, 0.3) is 0 Å². The quantitative estimate of drug-likeness (QED) is 0.912. The molecule has 19 heavy (non-hydrogen) atoms. The van der Waals surface area contributed by atoms with E-state index in [-0.39, 0.29) is 0 Å². The van der Waals surface area contributed by atoms with Crippen LogP contribution < -0.4 is 0 Å². The van der Waals surface area contributed by atoms with Crippen LogP contribution in [0.5, 0.6) is 0 Å². The Labute approximate surface area is 114 Å². The van der Waals surface area contributed by atoms with Gasteiger partial charge in [-0.25, -0.2) is 8.42 Å². The third-order valence-corrected chi connectivity index (χ3v) is 4.58. The van der Waals surface area contributed by atoms with Crippen LogP contribution in [0.15, 0.2) is 29.3 Å². The maximum Gasteiger partial charge on any atom is 0.175 e. The molecule has 0 aliphatic carbocycles. The lowest BCUT2D eigenvalue weighted by Crippen LogP contribution is -2.20. The van der Waals surface area contributed by atoms with Gasteiger partial charge in [0.15, 0.2) is 9.84 Å². The summed E-state index contributed by atoms with van der Waals surface area (Å²) < 4.78 is 23.2. The van der Waals surface area contributed by atoms with Gasteiger partial charge in [0.2, 0.25) is 0 Å². The van der Waals surface area contributed by atoms with Crippen molar-refractivity contribution in [1.82, 2.24) is 9.88 Å². The molecule has 4 nitrogen and oxygen atoms in total. The molecule has 2 rings (SSSR count). The van der Waals surface area contributed by atoms with Gasteiger partial charge in [0, 0.05) is 29.9 Å². The number of fused-ring (bicyclic) bond motifs is 1. The van der Waals surface area contributed by atoms with Crippen molar-refractivity contribution in [3.05, 3.63) is 30.0 Å². The molecule has 2 aromatic rings. The largest absolute Gasteiger partial charge is 0.361 e. The van der Waals surface area contributed by atoms with E-state index in [2.05, 4.69) is 23.9 Å². The highest BCUT2D eigenvalue weighted by molar-refractivity contribution is 7.90. The van der Waals surface area contributed by atoms with Crippen LogP contribution in [0.3, 0.4) is 0 Å². The highest BCUT2D eigenvalue weighted by Crippen LogP contribution is 2.22. The minimum Gasteiger partial charge on any atom is -0.361 e. The molecule has 5 heteroatoms. The number of sulfone groups is 1. The summed E-state index contributed by atoms with van der Waals surface area (Å²) in [5.41, 5.74) is 2.15. The van der Waals surface area contributed by atoms with Gasteiger partial charge in [-0.15, -0.1) is 0 Å². The highest BCUT2D eigenvalue weighted by atomic mass is 32.2. The van der Waals surface area contributed by atoms with Crippen molar-refractivity contribution in [1.29, 1.82) is 0 Å². The van der Waals surface area contributed by atoms with Gasteiger partial charge in [0.1, 0.15) is 0 Å². The summed E-state index contributed by atoms with van der Waals surface area (Å²) in [7, 11) is -1.07. The van der Waals surface area contributed by atoms with Crippen LogP contribution in [0.1, 0.15) is 12.5 Å². The maximum atomic E-state index is 11.6. The number of nitrogens with one attached hydrogen (secondary N) is 1. The zero-order chi connectivity index (χ0) is 14.0. The first kappa shape index (κ1) is 14.1. The van der Waals surface area contributed by atoms with Crippen molar-refractivity contribution in [2.24, 2.45) is 0 Å². The van der Waals surface area contributed by atoms with E-state index in [1.807, 2.05) is 12.3 Å². The Kier molecular flexibility index (Phi) is 3.96. The Bertz CT molecular complexity index is 674. The van der Waals surface area contributed by atoms with E-state index in [9.17, 15) is 8.42 Å². The van der Waals surface area contributed by atoms with Crippen LogP contribution in [0.4, 0.5) is 0 Å². The first-order chi connectivity index (χ1) is 8.91. The van der Waals surface area contributed by atoms with E-state index < -0.39 is 9.84 Å². The van der Waals surface area contributed by atoms with Gasteiger partial charge >= 0.3 is 0 Å². The number of aromatic nitrogens is 1. The average Bonchev–Trinajstić information content (AvgIpc) is 2.77. The molecule has 0 bridgehead atoms. The van der Waals surface area contributed by atoms with Crippen LogP contribution in [-0.2, 0) is 16.3 Å². The Morgan fingerprint density at radius 3 is 2.68 bits per heavy atom. The first-order valence-electron chi connectivity index (χ1n) is 6.40. The van der Waals surface area contributed by atoms with E-state index in [0.29, 0.717) is 4.90 Å². The zero-order valence-electron chi connectivity index (χ0n) is 11.6. The summed E-state index contributed by atoms with van der Waals surface area (Å²) >= 11 is 0. The molecule has 1 N–H and O–H groups in total. The fourth-order valence-corrected chi connectivity index (χ4v) is 2.71. The van der Waals surface area contributed by atoms with Crippen LogP contribution in [0.25, 0.3) is 10.9 Å². The summed E-state index contributed by atoms with van der Waals surface area (Å²) in [6.45, 7) is 4.10. The smallest absolute Gasteiger partial charge is 0.175 e. The number of aromatic amines is 1. The third-order valence-electron chi connectivity index (χ3n) is 3.47. The normalized spacial score (nSPS) is 12.4. The molecule has 1 aromatic carbocycles. The van der Waals surface area contributed by atoms with Crippen molar-refractivity contribution in [2.45, 2.75) is 18.2 Å². The molecule has 0 amide bonds. The minimum absolute atomic E-state index is 0.379. The molecule has 0 aliphatic rings. The van der Waals surface area contributed by atoms with Gasteiger partial charge in [0.05, 0.1) is 4.90 Å². The Morgan fingerprint density at radius 2 is 2.05 bits per heavy atom. The van der Waals surface area contributed by atoms with E-state index in [4.69, 9.17) is 0 Å². The number of H-pyrrole nitrogens is 1. The molecule has 0 aliphatic heterocycles. The summed E-state index contributed by atoms with van der Waals surface area (Å²) in [6.07, 6.45) is 4.13. The molecule has 0 atom stereocenters. The molecule has 0 saturated carbocycles. The van der Waals surface area contributed by atoms with Gasteiger partial charge in [-0.1, -0.05) is 6.92 Å². The first-order valence-corrected chi connectivity index (χ1v) is 8.29. The Morgan fingerprint density at radius 1 is 1.32 bits per heavy atom. The van der Waals surface area contributed by atoms with E-state index >= 15 is 0 Å². The van der Waals surface area contributed by atoms with Crippen molar-refractivity contribution < 1.29 is 8.42 Å². The Hall–Kier alpha value is -1.33. The highest BCUT2D eigenvalue weighted by Gasteiger charge is 2.11. The predicted octanol–water partition coefficient (Wildman–Crippen LogP) is 2.07. The van der Waals surface area contributed by atoms with Crippen LogP contribution >= 0.6 is 0 Å². The average molecular weight is 280 g/mol. The van der Waals surface area contributed by atoms with E-state index in [1.165, 1.54) is 11.8 Å². The summed E-state index contributed by atoms with van der Waals surface area (Å²) in [5, 5.41) is 1.01. The zero-order valence-corrected chi connectivity index (χ0v) is 12.4. The summed E-state index contributed by atoms with van der Waals surface area (Å²) in [4.78, 5) is 5.81. The monoisotopic (exact) mass is 280 g/mol. The number of hydrogen-bond donors (Lipinski definition) is 1. The number of benzene rings is 1.